The molecule has 0 spiro atoms. The molecule has 0 aromatic heterocycles. The molecule has 0 heterocycles. The first-order valence-corrected chi connectivity index (χ1v) is 8.36. The van der Waals surface area contributed by atoms with Crippen molar-refractivity contribution in [2.75, 3.05) is 11.9 Å². The van der Waals surface area contributed by atoms with Crippen molar-refractivity contribution in [3.63, 3.8) is 0 Å². The van der Waals surface area contributed by atoms with E-state index in [4.69, 9.17) is 0 Å². The van der Waals surface area contributed by atoms with Crippen LogP contribution in [-0.4, -0.2) is 21.0 Å². The van der Waals surface area contributed by atoms with Crippen molar-refractivity contribution in [2.24, 2.45) is 5.92 Å². The maximum Gasteiger partial charge on any atom is 0.240 e. The highest BCUT2D eigenvalue weighted by Gasteiger charge is 2.23. The van der Waals surface area contributed by atoms with E-state index in [0.29, 0.717) is 17.5 Å². The molecule has 1 fully saturated rings. The van der Waals surface area contributed by atoms with Crippen molar-refractivity contribution >= 4 is 15.7 Å². The van der Waals surface area contributed by atoms with Crippen LogP contribution in [0.1, 0.15) is 33.1 Å². The number of hydrogen-bond acceptors (Lipinski definition) is 3. The van der Waals surface area contributed by atoms with E-state index in [1.54, 1.807) is 19.1 Å². The molecule has 0 radical (unpaired) electrons. The molecule has 2 rings (SSSR count). The predicted octanol–water partition coefficient (Wildman–Crippen LogP) is 2.59. The Balaban J connectivity index is 1.97. The van der Waals surface area contributed by atoms with E-state index in [1.807, 2.05) is 12.1 Å². The number of hydrogen-bond donors (Lipinski definition) is 2. The Kier molecular flexibility index (Phi) is 4.47. The minimum atomic E-state index is -3.34. The van der Waals surface area contributed by atoms with Gasteiger partial charge in [0.05, 0.1) is 4.90 Å². The van der Waals surface area contributed by atoms with Crippen LogP contribution in [0.25, 0.3) is 0 Å². The minimum absolute atomic E-state index is 0.315. The number of anilines is 1. The maximum absolute atomic E-state index is 11.8. The van der Waals surface area contributed by atoms with Gasteiger partial charge in [-0.15, -0.1) is 0 Å². The summed E-state index contributed by atoms with van der Waals surface area (Å²) in [5.41, 5.74) is 0.976. The molecule has 1 unspecified atom stereocenters. The lowest BCUT2D eigenvalue weighted by Crippen LogP contribution is -2.23. The fourth-order valence-corrected chi connectivity index (χ4v) is 3.24. The van der Waals surface area contributed by atoms with Gasteiger partial charge in [-0.3, -0.25) is 0 Å². The molecule has 2 N–H and O–H groups in total. The molecule has 0 aliphatic heterocycles. The van der Waals surface area contributed by atoms with Crippen molar-refractivity contribution in [1.82, 2.24) is 4.72 Å². The number of rotatable bonds is 7. The van der Waals surface area contributed by atoms with Crippen LogP contribution in [-0.2, 0) is 10.0 Å². The summed E-state index contributed by atoms with van der Waals surface area (Å²) in [6.07, 6.45) is 3.90. The van der Waals surface area contributed by atoms with Crippen molar-refractivity contribution in [2.45, 2.75) is 44.0 Å². The van der Waals surface area contributed by atoms with Gasteiger partial charge in [-0.25, -0.2) is 13.1 Å². The zero-order valence-corrected chi connectivity index (χ0v) is 12.3. The van der Waals surface area contributed by atoms with Crippen LogP contribution in [0.2, 0.25) is 0 Å². The van der Waals surface area contributed by atoms with Gasteiger partial charge in [0.25, 0.3) is 0 Å². The lowest BCUT2D eigenvalue weighted by atomic mass is 10.1. The molecule has 1 aromatic carbocycles. The van der Waals surface area contributed by atoms with Gasteiger partial charge in [0.2, 0.25) is 10.0 Å². The quantitative estimate of drug-likeness (QED) is 0.808. The van der Waals surface area contributed by atoms with Gasteiger partial charge in [-0.05, 0) is 43.5 Å². The van der Waals surface area contributed by atoms with E-state index in [0.717, 1.165) is 11.6 Å². The Morgan fingerprint density at radius 3 is 2.42 bits per heavy atom. The highest BCUT2D eigenvalue weighted by atomic mass is 32.2. The van der Waals surface area contributed by atoms with Crippen LogP contribution in [0.3, 0.4) is 0 Å². The molecule has 0 bridgehead atoms. The number of sulfonamides is 1. The van der Waals surface area contributed by atoms with Gasteiger partial charge in [0.1, 0.15) is 0 Å². The zero-order chi connectivity index (χ0) is 13.9. The van der Waals surface area contributed by atoms with Crippen LogP contribution >= 0.6 is 0 Å². The van der Waals surface area contributed by atoms with E-state index < -0.39 is 10.0 Å². The molecule has 1 aliphatic carbocycles. The SMILES string of the molecule is CCNS(=O)(=O)c1ccc(NC(C)CC2CC2)cc1. The van der Waals surface area contributed by atoms with Gasteiger partial charge in [0, 0.05) is 18.3 Å². The van der Waals surface area contributed by atoms with Gasteiger partial charge >= 0.3 is 0 Å². The van der Waals surface area contributed by atoms with E-state index in [-0.39, 0.29) is 0 Å². The molecular formula is C14H22N2O2S. The molecule has 0 saturated heterocycles. The Hall–Kier alpha value is -1.07. The first kappa shape index (κ1) is 14.3. The van der Waals surface area contributed by atoms with Gasteiger partial charge in [-0.2, -0.15) is 0 Å². The van der Waals surface area contributed by atoms with Crippen molar-refractivity contribution < 1.29 is 8.42 Å². The highest BCUT2D eigenvalue weighted by Crippen LogP contribution is 2.34. The standard InChI is InChI=1S/C14H22N2O2S/c1-3-15-19(17,18)14-8-6-13(7-9-14)16-11(2)10-12-4-5-12/h6-9,11-12,15-16H,3-5,10H2,1-2H3. The molecule has 5 heteroatoms. The molecular weight excluding hydrogens is 260 g/mol. The number of benzene rings is 1. The van der Waals surface area contributed by atoms with E-state index in [1.165, 1.54) is 19.3 Å². The number of nitrogens with one attached hydrogen (secondary N) is 2. The molecule has 106 valence electrons. The second-order valence-electron chi connectivity index (χ2n) is 5.25. The average Bonchev–Trinajstić information content (AvgIpc) is 3.13. The van der Waals surface area contributed by atoms with Crippen LogP contribution in [0.5, 0.6) is 0 Å². The fourth-order valence-electron chi connectivity index (χ4n) is 2.20. The Labute approximate surface area is 115 Å². The third-order valence-electron chi connectivity index (χ3n) is 3.30. The first-order valence-electron chi connectivity index (χ1n) is 6.87. The first-order chi connectivity index (χ1) is 9.01. The molecule has 1 aromatic rings. The molecule has 4 nitrogen and oxygen atoms in total. The van der Waals surface area contributed by atoms with Crippen molar-refractivity contribution in [1.29, 1.82) is 0 Å². The van der Waals surface area contributed by atoms with Gasteiger partial charge in [0.15, 0.2) is 0 Å². The second kappa shape index (κ2) is 5.92. The van der Waals surface area contributed by atoms with Crippen LogP contribution in [0, 0.1) is 5.92 Å². The molecule has 1 atom stereocenters. The van der Waals surface area contributed by atoms with Crippen molar-refractivity contribution in [3.05, 3.63) is 24.3 Å². The summed E-state index contributed by atoms with van der Waals surface area (Å²) in [4.78, 5) is 0.315. The summed E-state index contributed by atoms with van der Waals surface area (Å²) in [6, 6.07) is 7.37. The third-order valence-corrected chi connectivity index (χ3v) is 4.86. The summed E-state index contributed by atoms with van der Waals surface area (Å²) >= 11 is 0. The van der Waals surface area contributed by atoms with E-state index in [9.17, 15) is 8.42 Å². The maximum atomic E-state index is 11.8. The molecule has 0 amide bonds. The second-order valence-corrected chi connectivity index (χ2v) is 7.02. The topological polar surface area (TPSA) is 58.2 Å². The summed E-state index contributed by atoms with van der Waals surface area (Å²) in [7, 11) is -3.34. The summed E-state index contributed by atoms with van der Waals surface area (Å²) in [5, 5.41) is 3.41. The minimum Gasteiger partial charge on any atom is -0.383 e. The van der Waals surface area contributed by atoms with Gasteiger partial charge < -0.3 is 5.32 Å². The molecule has 1 aliphatic rings. The summed E-state index contributed by atoms with van der Waals surface area (Å²) in [5.74, 6) is 0.885. The van der Waals surface area contributed by atoms with Crippen LogP contribution in [0.4, 0.5) is 5.69 Å². The monoisotopic (exact) mass is 282 g/mol. The van der Waals surface area contributed by atoms with Crippen LogP contribution in [0.15, 0.2) is 29.2 Å². The Morgan fingerprint density at radius 1 is 1.26 bits per heavy atom. The smallest absolute Gasteiger partial charge is 0.240 e. The normalized spacial score (nSPS) is 17.2. The lowest BCUT2D eigenvalue weighted by Gasteiger charge is -2.15. The lowest BCUT2D eigenvalue weighted by molar-refractivity contribution is 0.584. The summed E-state index contributed by atoms with van der Waals surface area (Å²) in [6.45, 7) is 4.34. The van der Waals surface area contributed by atoms with E-state index in [2.05, 4.69) is 17.0 Å². The van der Waals surface area contributed by atoms with E-state index >= 15 is 0 Å². The summed E-state index contributed by atoms with van der Waals surface area (Å²) < 4.78 is 26.1. The fraction of sp³-hybridized carbons (Fsp3) is 0.571. The van der Waals surface area contributed by atoms with Crippen LogP contribution < -0.4 is 10.0 Å². The Morgan fingerprint density at radius 2 is 1.89 bits per heavy atom. The molecule has 1 saturated carbocycles. The Bertz CT molecular complexity index is 507. The average molecular weight is 282 g/mol. The van der Waals surface area contributed by atoms with Crippen molar-refractivity contribution in [3.8, 4) is 0 Å². The third kappa shape index (κ3) is 4.21. The van der Waals surface area contributed by atoms with Gasteiger partial charge in [-0.1, -0.05) is 19.8 Å². The predicted molar refractivity (Wildman–Crippen MR) is 77.7 cm³/mol. The largest absolute Gasteiger partial charge is 0.383 e. The molecule has 19 heavy (non-hydrogen) atoms. The highest BCUT2D eigenvalue weighted by molar-refractivity contribution is 7.89. The zero-order valence-electron chi connectivity index (χ0n) is 11.5.